The van der Waals surface area contributed by atoms with Gasteiger partial charge in [0.25, 0.3) is 0 Å². The van der Waals surface area contributed by atoms with Gasteiger partial charge in [0.1, 0.15) is 11.6 Å². The molecule has 0 saturated heterocycles. The monoisotopic (exact) mass is 241 g/mol. The summed E-state index contributed by atoms with van der Waals surface area (Å²) in [5.41, 5.74) is 0.400. The topological polar surface area (TPSA) is 23.8 Å². The largest absolute Gasteiger partial charge is 0.206 e. The van der Waals surface area contributed by atoms with Crippen LogP contribution in [0, 0.1) is 23.0 Å². The molecule has 0 aliphatic carbocycles. The Labute approximate surface area is 104 Å². The van der Waals surface area contributed by atoms with Gasteiger partial charge in [0.15, 0.2) is 0 Å². The van der Waals surface area contributed by atoms with Gasteiger partial charge in [-0.05, 0) is 23.8 Å². The van der Waals surface area contributed by atoms with Crippen molar-refractivity contribution in [2.75, 3.05) is 0 Å². The molecule has 2 aromatic carbocycles. The third kappa shape index (κ3) is 2.44. The van der Waals surface area contributed by atoms with Gasteiger partial charge in [-0.2, -0.15) is 5.26 Å². The first-order valence-corrected chi connectivity index (χ1v) is 5.33. The SMILES string of the molecule is N#CC(=Cc1ccccc1)c1c(F)cccc1F. The van der Waals surface area contributed by atoms with E-state index >= 15 is 0 Å². The van der Waals surface area contributed by atoms with E-state index in [1.54, 1.807) is 24.3 Å². The second-order valence-electron chi connectivity index (χ2n) is 3.68. The highest BCUT2D eigenvalue weighted by Crippen LogP contribution is 2.23. The lowest BCUT2D eigenvalue weighted by Crippen LogP contribution is -1.93. The standard InChI is InChI=1S/C15H9F2N/c16-13-7-4-8-14(17)15(13)12(10-18)9-11-5-2-1-3-6-11/h1-9H. The Hall–Kier alpha value is -2.47. The summed E-state index contributed by atoms with van der Waals surface area (Å²) in [7, 11) is 0. The molecule has 0 radical (unpaired) electrons. The Morgan fingerprint density at radius 3 is 2.11 bits per heavy atom. The maximum absolute atomic E-state index is 13.6. The maximum atomic E-state index is 13.6. The van der Waals surface area contributed by atoms with E-state index in [4.69, 9.17) is 5.26 Å². The van der Waals surface area contributed by atoms with Crippen molar-refractivity contribution in [2.45, 2.75) is 0 Å². The molecule has 0 atom stereocenters. The number of allylic oxidation sites excluding steroid dienone is 1. The van der Waals surface area contributed by atoms with Crippen LogP contribution in [-0.4, -0.2) is 0 Å². The van der Waals surface area contributed by atoms with Crippen LogP contribution in [0.15, 0.2) is 48.5 Å². The highest BCUT2D eigenvalue weighted by molar-refractivity contribution is 5.89. The predicted molar refractivity (Wildman–Crippen MR) is 66.3 cm³/mol. The molecule has 0 heterocycles. The van der Waals surface area contributed by atoms with Gasteiger partial charge in [-0.1, -0.05) is 36.4 Å². The van der Waals surface area contributed by atoms with Crippen molar-refractivity contribution in [3.05, 3.63) is 71.3 Å². The number of nitrogens with zero attached hydrogens (tertiary/aromatic N) is 1. The second-order valence-corrected chi connectivity index (χ2v) is 3.68. The van der Waals surface area contributed by atoms with Crippen LogP contribution in [-0.2, 0) is 0 Å². The molecule has 0 saturated carbocycles. The zero-order valence-electron chi connectivity index (χ0n) is 9.40. The molecule has 2 aromatic rings. The van der Waals surface area contributed by atoms with Gasteiger partial charge in [-0.25, -0.2) is 8.78 Å². The van der Waals surface area contributed by atoms with E-state index in [-0.39, 0.29) is 11.1 Å². The second kappa shape index (κ2) is 5.24. The molecule has 0 aromatic heterocycles. The summed E-state index contributed by atoms with van der Waals surface area (Å²) in [6, 6.07) is 14.3. The van der Waals surface area contributed by atoms with Crippen molar-refractivity contribution in [2.24, 2.45) is 0 Å². The summed E-state index contributed by atoms with van der Waals surface area (Å²) in [4.78, 5) is 0. The zero-order chi connectivity index (χ0) is 13.0. The van der Waals surface area contributed by atoms with E-state index in [0.717, 1.165) is 17.7 Å². The Balaban J connectivity index is 2.54. The first-order chi connectivity index (χ1) is 8.72. The summed E-state index contributed by atoms with van der Waals surface area (Å²) in [5, 5.41) is 9.04. The normalized spacial score (nSPS) is 11.1. The molecule has 3 heteroatoms. The van der Waals surface area contributed by atoms with Crippen molar-refractivity contribution < 1.29 is 8.78 Å². The summed E-state index contributed by atoms with van der Waals surface area (Å²) >= 11 is 0. The molecule has 0 amide bonds. The fraction of sp³-hybridized carbons (Fsp3) is 0. The quantitative estimate of drug-likeness (QED) is 0.575. The maximum Gasteiger partial charge on any atom is 0.134 e. The first-order valence-electron chi connectivity index (χ1n) is 5.33. The van der Waals surface area contributed by atoms with Gasteiger partial charge < -0.3 is 0 Å². The van der Waals surface area contributed by atoms with Crippen LogP contribution in [0.3, 0.4) is 0 Å². The molecule has 0 spiro atoms. The Bertz CT molecular complexity index is 604. The molecule has 88 valence electrons. The van der Waals surface area contributed by atoms with Gasteiger partial charge in [0.2, 0.25) is 0 Å². The predicted octanol–water partition coefficient (Wildman–Crippen LogP) is 4.03. The summed E-state index contributed by atoms with van der Waals surface area (Å²) in [6.07, 6.45) is 1.46. The minimum absolute atomic E-state index is 0.0307. The average Bonchev–Trinajstić information content (AvgIpc) is 2.38. The van der Waals surface area contributed by atoms with Crippen LogP contribution in [0.25, 0.3) is 11.6 Å². The molecule has 0 N–H and O–H groups in total. The van der Waals surface area contributed by atoms with E-state index in [9.17, 15) is 8.78 Å². The summed E-state index contributed by atoms with van der Waals surface area (Å²) < 4.78 is 27.1. The molecule has 2 rings (SSSR count). The van der Waals surface area contributed by atoms with E-state index in [0.29, 0.717) is 0 Å². The highest BCUT2D eigenvalue weighted by Gasteiger charge is 2.13. The van der Waals surface area contributed by atoms with Crippen molar-refractivity contribution >= 4 is 11.6 Å². The molecule has 18 heavy (non-hydrogen) atoms. The number of rotatable bonds is 2. The lowest BCUT2D eigenvalue weighted by molar-refractivity contribution is 0.578. The summed E-state index contributed by atoms with van der Waals surface area (Å²) in [6.45, 7) is 0. The van der Waals surface area contributed by atoms with E-state index in [2.05, 4.69) is 0 Å². The lowest BCUT2D eigenvalue weighted by Gasteiger charge is -2.03. The third-order valence-electron chi connectivity index (χ3n) is 2.46. The zero-order valence-corrected chi connectivity index (χ0v) is 9.40. The molecular weight excluding hydrogens is 232 g/mol. The fourth-order valence-electron chi connectivity index (χ4n) is 1.63. The number of hydrogen-bond acceptors (Lipinski definition) is 1. The lowest BCUT2D eigenvalue weighted by atomic mass is 10.0. The van der Waals surface area contributed by atoms with Gasteiger partial charge in [-0.15, -0.1) is 0 Å². The van der Waals surface area contributed by atoms with Gasteiger partial charge >= 0.3 is 0 Å². The first kappa shape index (κ1) is 12.0. The number of halogens is 2. The molecule has 0 bridgehead atoms. The molecule has 0 aliphatic rings. The van der Waals surface area contributed by atoms with E-state index < -0.39 is 11.6 Å². The van der Waals surface area contributed by atoms with E-state index in [1.807, 2.05) is 12.1 Å². The number of benzene rings is 2. The van der Waals surface area contributed by atoms with Gasteiger partial charge in [0, 0.05) is 0 Å². The van der Waals surface area contributed by atoms with Crippen molar-refractivity contribution in [3.8, 4) is 6.07 Å². The molecule has 0 aliphatic heterocycles. The van der Waals surface area contributed by atoms with Crippen LogP contribution < -0.4 is 0 Å². The van der Waals surface area contributed by atoms with Crippen LogP contribution >= 0.6 is 0 Å². The van der Waals surface area contributed by atoms with Crippen LogP contribution in [0.2, 0.25) is 0 Å². The van der Waals surface area contributed by atoms with Gasteiger partial charge in [-0.3, -0.25) is 0 Å². The van der Waals surface area contributed by atoms with Crippen molar-refractivity contribution in [3.63, 3.8) is 0 Å². The smallest absolute Gasteiger partial charge is 0.134 e. The average molecular weight is 241 g/mol. The van der Waals surface area contributed by atoms with Crippen LogP contribution in [0.5, 0.6) is 0 Å². The Kier molecular flexibility index (Phi) is 3.49. The summed E-state index contributed by atoms with van der Waals surface area (Å²) in [5.74, 6) is -1.47. The minimum atomic E-state index is -0.737. The molecule has 0 fully saturated rings. The minimum Gasteiger partial charge on any atom is -0.206 e. The van der Waals surface area contributed by atoms with Crippen molar-refractivity contribution in [1.29, 1.82) is 5.26 Å². The van der Waals surface area contributed by atoms with E-state index in [1.165, 1.54) is 12.1 Å². The molecule has 0 unspecified atom stereocenters. The molecule has 1 nitrogen and oxygen atoms in total. The number of nitriles is 1. The van der Waals surface area contributed by atoms with Gasteiger partial charge in [0.05, 0.1) is 17.2 Å². The Morgan fingerprint density at radius 1 is 0.944 bits per heavy atom. The number of hydrogen-bond donors (Lipinski definition) is 0. The Morgan fingerprint density at radius 2 is 1.56 bits per heavy atom. The van der Waals surface area contributed by atoms with Crippen LogP contribution in [0.4, 0.5) is 8.78 Å². The third-order valence-corrected chi connectivity index (χ3v) is 2.46. The fourth-order valence-corrected chi connectivity index (χ4v) is 1.63. The molecular formula is C15H9F2N. The van der Waals surface area contributed by atoms with Crippen molar-refractivity contribution in [1.82, 2.24) is 0 Å². The highest BCUT2D eigenvalue weighted by atomic mass is 19.1. The van der Waals surface area contributed by atoms with Crippen LogP contribution in [0.1, 0.15) is 11.1 Å².